The summed E-state index contributed by atoms with van der Waals surface area (Å²) in [4.78, 5) is 11.8. The fourth-order valence-electron chi connectivity index (χ4n) is 2.00. The number of hydrogen-bond acceptors (Lipinski definition) is 5. The van der Waals surface area contributed by atoms with Gasteiger partial charge in [-0.05, 0) is 24.3 Å². The van der Waals surface area contributed by atoms with Crippen molar-refractivity contribution in [1.82, 2.24) is 9.62 Å². The maximum absolute atomic E-state index is 12.5. The van der Waals surface area contributed by atoms with E-state index in [2.05, 4.69) is 5.32 Å². The predicted molar refractivity (Wildman–Crippen MR) is 70.7 cm³/mol. The largest absolute Gasteiger partial charge is 0.508 e. The molecule has 1 aliphatic rings. The summed E-state index contributed by atoms with van der Waals surface area (Å²) in [6.07, 6.45) is 0. The van der Waals surface area contributed by atoms with Crippen LogP contribution in [-0.2, 0) is 19.6 Å². The number of carbonyl (C=O) groups is 1. The molecule has 1 fully saturated rings. The van der Waals surface area contributed by atoms with E-state index in [-0.39, 0.29) is 30.4 Å². The Kier molecular flexibility index (Phi) is 4.26. The molecule has 1 aromatic carbocycles. The highest BCUT2D eigenvalue weighted by molar-refractivity contribution is 7.89. The van der Waals surface area contributed by atoms with Crippen LogP contribution in [0.25, 0.3) is 0 Å². The molecule has 20 heavy (non-hydrogen) atoms. The Bertz CT molecular complexity index is 584. The molecule has 0 bridgehead atoms. The number of rotatable bonds is 3. The second-order valence-electron chi connectivity index (χ2n) is 4.31. The van der Waals surface area contributed by atoms with Crippen LogP contribution in [0.2, 0.25) is 0 Å². The lowest BCUT2D eigenvalue weighted by molar-refractivity contribution is -0.128. The van der Waals surface area contributed by atoms with Gasteiger partial charge in [0.25, 0.3) is 0 Å². The number of benzene rings is 1. The van der Waals surface area contributed by atoms with E-state index in [4.69, 9.17) is 4.74 Å². The van der Waals surface area contributed by atoms with Crippen LogP contribution in [0.15, 0.2) is 29.2 Å². The molecule has 1 aliphatic heterocycles. The number of amides is 1. The average molecular weight is 300 g/mol. The van der Waals surface area contributed by atoms with Gasteiger partial charge in [0.2, 0.25) is 15.9 Å². The Morgan fingerprint density at radius 2 is 2.05 bits per heavy atom. The molecule has 2 rings (SSSR count). The zero-order chi connectivity index (χ0) is 14.8. The second-order valence-corrected chi connectivity index (χ2v) is 6.21. The third-order valence-electron chi connectivity index (χ3n) is 3.07. The van der Waals surface area contributed by atoms with Gasteiger partial charge in [-0.1, -0.05) is 0 Å². The minimum atomic E-state index is -3.80. The highest BCUT2D eigenvalue weighted by Gasteiger charge is 2.37. The summed E-state index contributed by atoms with van der Waals surface area (Å²) in [7, 11) is -2.35. The lowest BCUT2D eigenvalue weighted by atomic mass is 10.2. The third-order valence-corrected chi connectivity index (χ3v) is 4.99. The van der Waals surface area contributed by atoms with Crippen molar-refractivity contribution in [3.63, 3.8) is 0 Å². The van der Waals surface area contributed by atoms with Crippen molar-refractivity contribution < 1.29 is 23.1 Å². The summed E-state index contributed by atoms with van der Waals surface area (Å²) in [5.74, 6) is -0.430. The van der Waals surface area contributed by atoms with Gasteiger partial charge in [-0.25, -0.2) is 8.42 Å². The topological polar surface area (TPSA) is 95.9 Å². The van der Waals surface area contributed by atoms with Crippen molar-refractivity contribution >= 4 is 15.9 Å². The second kappa shape index (κ2) is 5.78. The van der Waals surface area contributed by atoms with Crippen LogP contribution in [-0.4, -0.2) is 56.6 Å². The number of phenols is 1. The van der Waals surface area contributed by atoms with Gasteiger partial charge >= 0.3 is 0 Å². The van der Waals surface area contributed by atoms with E-state index < -0.39 is 22.0 Å². The first-order valence-electron chi connectivity index (χ1n) is 6.07. The van der Waals surface area contributed by atoms with Crippen molar-refractivity contribution in [2.45, 2.75) is 10.9 Å². The SMILES string of the molecule is CNC(=O)C1COCCN1S(=O)(=O)c1ccc(O)cc1. The number of sulfonamides is 1. The van der Waals surface area contributed by atoms with E-state index in [0.717, 1.165) is 4.31 Å². The fraction of sp³-hybridized carbons (Fsp3) is 0.417. The molecule has 0 spiro atoms. The van der Waals surface area contributed by atoms with Gasteiger partial charge in [-0.3, -0.25) is 4.79 Å². The molecule has 1 atom stereocenters. The summed E-state index contributed by atoms with van der Waals surface area (Å²) in [5.41, 5.74) is 0. The number of carbonyl (C=O) groups excluding carboxylic acids is 1. The third kappa shape index (κ3) is 2.77. The van der Waals surface area contributed by atoms with Gasteiger partial charge in [-0.15, -0.1) is 0 Å². The van der Waals surface area contributed by atoms with Gasteiger partial charge in [-0.2, -0.15) is 4.31 Å². The summed E-state index contributed by atoms with van der Waals surface area (Å²) < 4.78 is 31.4. The predicted octanol–water partition coefficient (Wildman–Crippen LogP) is -0.472. The molecule has 1 saturated heterocycles. The standard InChI is InChI=1S/C12H16N2O5S/c1-13-12(16)11-8-19-7-6-14(11)20(17,18)10-4-2-9(15)3-5-10/h2-5,11,15H,6-8H2,1H3,(H,13,16). The molecular formula is C12H16N2O5S. The number of nitrogens with zero attached hydrogens (tertiary/aromatic N) is 1. The zero-order valence-electron chi connectivity index (χ0n) is 10.9. The summed E-state index contributed by atoms with van der Waals surface area (Å²) in [6, 6.07) is 4.32. The van der Waals surface area contributed by atoms with Crippen molar-refractivity contribution in [3.05, 3.63) is 24.3 Å². The van der Waals surface area contributed by atoms with Crippen LogP contribution < -0.4 is 5.32 Å². The van der Waals surface area contributed by atoms with Crippen LogP contribution in [0, 0.1) is 0 Å². The average Bonchev–Trinajstić information content (AvgIpc) is 2.47. The minimum absolute atomic E-state index is 0.0196. The van der Waals surface area contributed by atoms with Gasteiger partial charge in [0.1, 0.15) is 11.8 Å². The highest BCUT2D eigenvalue weighted by atomic mass is 32.2. The van der Waals surface area contributed by atoms with E-state index in [1.165, 1.54) is 31.3 Å². The molecule has 7 nitrogen and oxygen atoms in total. The van der Waals surface area contributed by atoms with Gasteiger partial charge < -0.3 is 15.2 Å². The number of phenolic OH excluding ortho intramolecular Hbond substituents is 1. The van der Waals surface area contributed by atoms with Crippen molar-refractivity contribution in [2.75, 3.05) is 26.8 Å². The highest BCUT2D eigenvalue weighted by Crippen LogP contribution is 2.22. The summed E-state index contributed by atoms with van der Waals surface area (Å²) >= 11 is 0. The number of aromatic hydroxyl groups is 1. The normalized spacial score (nSPS) is 20.6. The number of morpholine rings is 1. The maximum Gasteiger partial charge on any atom is 0.243 e. The van der Waals surface area contributed by atoms with Gasteiger partial charge in [0.05, 0.1) is 18.1 Å². The molecule has 0 aromatic heterocycles. The molecule has 1 heterocycles. The minimum Gasteiger partial charge on any atom is -0.508 e. The molecule has 0 saturated carbocycles. The molecule has 2 N–H and O–H groups in total. The van der Waals surface area contributed by atoms with Crippen LogP contribution in [0.1, 0.15) is 0 Å². The molecule has 1 aromatic rings. The number of ether oxygens (including phenoxy) is 1. The number of hydrogen-bond donors (Lipinski definition) is 2. The van der Waals surface area contributed by atoms with Crippen LogP contribution >= 0.6 is 0 Å². The van der Waals surface area contributed by atoms with E-state index in [9.17, 15) is 18.3 Å². The van der Waals surface area contributed by atoms with Crippen molar-refractivity contribution in [2.24, 2.45) is 0 Å². The van der Waals surface area contributed by atoms with Gasteiger partial charge in [0.15, 0.2) is 0 Å². The molecule has 8 heteroatoms. The quantitative estimate of drug-likeness (QED) is 0.786. The lowest BCUT2D eigenvalue weighted by Gasteiger charge is -2.33. The Labute approximate surface area is 117 Å². The zero-order valence-corrected chi connectivity index (χ0v) is 11.8. The summed E-state index contributed by atoms with van der Waals surface area (Å²) in [6.45, 7) is 0.378. The van der Waals surface area contributed by atoms with E-state index in [0.29, 0.717) is 0 Å². The maximum atomic E-state index is 12.5. The van der Waals surface area contributed by atoms with Crippen molar-refractivity contribution in [1.29, 1.82) is 0 Å². The smallest absolute Gasteiger partial charge is 0.243 e. The van der Waals surface area contributed by atoms with E-state index in [1.54, 1.807) is 0 Å². The van der Waals surface area contributed by atoms with Crippen molar-refractivity contribution in [3.8, 4) is 5.75 Å². The Morgan fingerprint density at radius 1 is 1.40 bits per heavy atom. The van der Waals surface area contributed by atoms with Crippen LogP contribution in [0.5, 0.6) is 5.75 Å². The van der Waals surface area contributed by atoms with E-state index in [1.807, 2.05) is 0 Å². The lowest BCUT2D eigenvalue weighted by Crippen LogP contribution is -2.55. The molecule has 110 valence electrons. The Hall–Kier alpha value is -1.64. The van der Waals surface area contributed by atoms with Gasteiger partial charge in [0, 0.05) is 13.6 Å². The molecular weight excluding hydrogens is 284 g/mol. The first kappa shape index (κ1) is 14.8. The molecule has 0 radical (unpaired) electrons. The monoisotopic (exact) mass is 300 g/mol. The first-order valence-corrected chi connectivity index (χ1v) is 7.51. The Balaban J connectivity index is 2.35. The number of likely N-dealkylation sites (N-methyl/N-ethyl adjacent to an activating group) is 1. The summed E-state index contributed by atoms with van der Waals surface area (Å²) in [5, 5.41) is 11.7. The Morgan fingerprint density at radius 3 is 2.65 bits per heavy atom. The van der Waals surface area contributed by atoms with E-state index >= 15 is 0 Å². The van der Waals surface area contributed by atoms with Crippen LogP contribution in [0.4, 0.5) is 0 Å². The fourth-order valence-corrected chi connectivity index (χ4v) is 3.56. The number of nitrogens with one attached hydrogen (secondary N) is 1. The molecule has 1 unspecified atom stereocenters. The molecule has 0 aliphatic carbocycles. The van der Waals surface area contributed by atoms with Crippen LogP contribution in [0.3, 0.4) is 0 Å². The first-order chi connectivity index (χ1) is 9.46. The molecule has 1 amide bonds.